The van der Waals surface area contributed by atoms with E-state index in [9.17, 15) is 0 Å². The van der Waals surface area contributed by atoms with Crippen molar-refractivity contribution >= 4 is 0 Å². The Bertz CT molecular complexity index is 593. The van der Waals surface area contributed by atoms with Gasteiger partial charge in [0.25, 0.3) is 0 Å². The molecule has 3 heteroatoms. The van der Waals surface area contributed by atoms with Gasteiger partial charge in [0.2, 0.25) is 0 Å². The first-order valence-corrected chi connectivity index (χ1v) is 9.61. The Morgan fingerprint density at radius 3 is 1.38 bits per heavy atom. The van der Waals surface area contributed by atoms with Crippen LogP contribution in [0.25, 0.3) is 0 Å². The quantitative estimate of drug-likeness (QED) is 0.625. The molecule has 0 radical (unpaired) electrons. The molecule has 0 bridgehead atoms. The Hall–Kier alpha value is -1.77. The van der Waals surface area contributed by atoms with Gasteiger partial charge >= 0.3 is 0 Å². The van der Waals surface area contributed by atoms with Crippen LogP contribution in [0.5, 0.6) is 0 Å². The molecule has 2 rings (SSSR count). The van der Waals surface area contributed by atoms with Crippen LogP contribution in [-0.4, -0.2) is 15.0 Å². The summed E-state index contributed by atoms with van der Waals surface area (Å²) in [4.78, 5) is 13.2. The van der Waals surface area contributed by atoms with Gasteiger partial charge in [-0.2, -0.15) is 0 Å². The van der Waals surface area contributed by atoms with E-state index in [1.807, 2.05) is 18.6 Å². The van der Waals surface area contributed by atoms with Crippen LogP contribution in [-0.2, 0) is 10.8 Å². The summed E-state index contributed by atoms with van der Waals surface area (Å²) >= 11 is 0. The van der Waals surface area contributed by atoms with E-state index in [2.05, 4.69) is 96.3 Å². The van der Waals surface area contributed by atoms with Gasteiger partial charge in [0, 0.05) is 35.1 Å². The Balaban J connectivity index is 0.000000260. The van der Waals surface area contributed by atoms with E-state index in [0.717, 1.165) is 11.5 Å². The van der Waals surface area contributed by atoms with Crippen molar-refractivity contribution in [1.29, 1.82) is 0 Å². The molecule has 0 fully saturated rings. The van der Waals surface area contributed by atoms with E-state index in [-0.39, 0.29) is 10.8 Å². The lowest BCUT2D eigenvalue weighted by Gasteiger charge is -2.18. The Labute approximate surface area is 160 Å². The van der Waals surface area contributed by atoms with Crippen molar-refractivity contribution in [3.63, 3.8) is 0 Å². The fraction of sp³-hybridized carbons (Fsp3) is 0.609. The monoisotopic (exact) mass is 355 g/mol. The third-order valence-electron chi connectivity index (χ3n) is 4.23. The molecule has 2 heterocycles. The molecule has 0 saturated carbocycles. The average molecular weight is 356 g/mol. The van der Waals surface area contributed by atoms with Crippen LogP contribution < -0.4 is 0 Å². The summed E-state index contributed by atoms with van der Waals surface area (Å²) in [6.45, 7) is 21.6. The molecular weight excluding hydrogens is 318 g/mol. The molecule has 26 heavy (non-hydrogen) atoms. The highest BCUT2D eigenvalue weighted by atomic mass is 14.9. The van der Waals surface area contributed by atoms with Crippen molar-refractivity contribution in [2.24, 2.45) is 0 Å². The molecule has 0 N–H and O–H groups in total. The van der Waals surface area contributed by atoms with Crippen LogP contribution in [0, 0.1) is 0 Å². The molecule has 3 nitrogen and oxygen atoms in total. The number of pyridine rings is 1. The molecule has 0 atom stereocenters. The predicted octanol–water partition coefficient (Wildman–Crippen LogP) is 6.40. The summed E-state index contributed by atoms with van der Waals surface area (Å²) in [6.07, 6.45) is 5.85. The summed E-state index contributed by atoms with van der Waals surface area (Å²) in [5.41, 5.74) is 3.89. The van der Waals surface area contributed by atoms with Crippen molar-refractivity contribution in [3.05, 3.63) is 53.4 Å². The van der Waals surface area contributed by atoms with E-state index < -0.39 is 0 Å². The Morgan fingerprint density at radius 2 is 1.08 bits per heavy atom. The highest BCUT2D eigenvalue weighted by Crippen LogP contribution is 2.22. The maximum Gasteiger partial charge on any atom is 0.133 e. The van der Waals surface area contributed by atoms with E-state index in [0.29, 0.717) is 11.8 Å². The molecule has 2 aromatic rings. The van der Waals surface area contributed by atoms with Gasteiger partial charge in [0.1, 0.15) is 5.82 Å². The summed E-state index contributed by atoms with van der Waals surface area (Å²) in [7, 11) is 0. The van der Waals surface area contributed by atoms with Crippen LogP contribution in [0.1, 0.15) is 104 Å². The van der Waals surface area contributed by atoms with Gasteiger partial charge in [-0.05, 0) is 29.0 Å². The second-order valence-corrected chi connectivity index (χ2v) is 9.63. The van der Waals surface area contributed by atoms with Crippen molar-refractivity contribution in [3.8, 4) is 0 Å². The first-order chi connectivity index (χ1) is 11.8. The van der Waals surface area contributed by atoms with Crippen molar-refractivity contribution < 1.29 is 0 Å². The molecule has 0 aliphatic rings. The van der Waals surface area contributed by atoms with E-state index >= 15 is 0 Å². The standard InChI is InChI=1S/C12H19N.C11H18N2/c1-9(2)10-6-7-11(13-8-10)12(3,4)5;1-8(2)9-6-12-10(13-7-9)11(3,4)5/h6-9H,1-5H3;6-8H,1-5H3. The van der Waals surface area contributed by atoms with Crippen LogP contribution >= 0.6 is 0 Å². The zero-order chi connectivity index (χ0) is 20.1. The Morgan fingerprint density at radius 1 is 0.615 bits per heavy atom. The Kier molecular flexibility index (Phi) is 7.49. The lowest BCUT2D eigenvalue weighted by atomic mass is 9.91. The van der Waals surface area contributed by atoms with Crippen LogP contribution in [0.15, 0.2) is 30.7 Å². The molecule has 0 amide bonds. The van der Waals surface area contributed by atoms with Gasteiger partial charge in [-0.25, -0.2) is 9.97 Å². The first-order valence-electron chi connectivity index (χ1n) is 9.61. The van der Waals surface area contributed by atoms with Gasteiger partial charge in [-0.3, -0.25) is 4.98 Å². The average Bonchev–Trinajstić information content (AvgIpc) is 2.54. The maximum absolute atomic E-state index is 4.47. The highest BCUT2D eigenvalue weighted by Gasteiger charge is 2.17. The zero-order valence-corrected chi connectivity index (χ0v) is 18.4. The second-order valence-electron chi connectivity index (χ2n) is 9.63. The maximum atomic E-state index is 4.47. The third kappa shape index (κ3) is 6.86. The summed E-state index contributed by atoms with van der Waals surface area (Å²) in [6, 6.07) is 4.31. The van der Waals surface area contributed by atoms with Crippen molar-refractivity contribution in [2.45, 2.75) is 91.9 Å². The van der Waals surface area contributed by atoms with E-state index in [1.54, 1.807) is 0 Å². The fourth-order valence-corrected chi connectivity index (χ4v) is 2.21. The minimum absolute atomic E-state index is 0.0511. The van der Waals surface area contributed by atoms with Gasteiger partial charge in [0.05, 0.1) is 0 Å². The first kappa shape index (κ1) is 22.3. The number of hydrogen-bond acceptors (Lipinski definition) is 3. The number of aromatic nitrogens is 3. The van der Waals surface area contributed by atoms with Crippen LogP contribution in [0.2, 0.25) is 0 Å². The minimum atomic E-state index is 0.0511. The highest BCUT2D eigenvalue weighted by molar-refractivity contribution is 5.21. The predicted molar refractivity (Wildman–Crippen MR) is 112 cm³/mol. The minimum Gasteiger partial charge on any atom is -0.260 e. The molecule has 2 aromatic heterocycles. The van der Waals surface area contributed by atoms with Crippen molar-refractivity contribution in [1.82, 2.24) is 15.0 Å². The molecule has 0 saturated heterocycles. The molecular formula is C23H37N3. The number of rotatable bonds is 2. The summed E-state index contributed by atoms with van der Waals surface area (Å²) in [5, 5.41) is 0. The van der Waals surface area contributed by atoms with Crippen LogP contribution in [0.4, 0.5) is 0 Å². The second kappa shape index (κ2) is 8.75. The molecule has 0 unspecified atom stereocenters. The lowest BCUT2D eigenvalue weighted by molar-refractivity contribution is 0.543. The van der Waals surface area contributed by atoms with Crippen molar-refractivity contribution in [2.75, 3.05) is 0 Å². The smallest absolute Gasteiger partial charge is 0.133 e. The van der Waals surface area contributed by atoms with Gasteiger partial charge in [-0.1, -0.05) is 75.3 Å². The van der Waals surface area contributed by atoms with E-state index in [1.165, 1.54) is 11.1 Å². The van der Waals surface area contributed by atoms with Gasteiger partial charge in [-0.15, -0.1) is 0 Å². The van der Waals surface area contributed by atoms with E-state index in [4.69, 9.17) is 0 Å². The largest absolute Gasteiger partial charge is 0.260 e. The summed E-state index contributed by atoms with van der Waals surface area (Å²) in [5.74, 6) is 1.99. The molecule has 0 aromatic carbocycles. The molecule has 0 spiro atoms. The molecule has 0 aliphatic carbocycles. The van der Waals surface area contributed by atoms with Crippen LogP contribution in [0.3, 0.4) is 0 Å². The number of hydrogen-bond donors (Lipinski definition) is 0. The topological polar surface area (TPSA) is 38.7 Å². The number of nitrogens with zero attached hydrogens (tertiary/aromatic N) is 3. The molecule has 144 valence electrons. The molecule has 0 aliphatic heterocycles. The lowest BCUT2D eigenvalue weighted by Crippen LogP contribution is -2.15. The van der Waals surface area contributed by atoms with Gasteiger partial charge < -0.3 is 0 Å². The summed E-state index contributed by atoms with van der Waals surface area (Å²) < 4.78 is 0. The zero-order valence-electron chi connectivity index (χ0n) is 18.4. The third-order valence-corrected chi connectivity index (χ3v) is 4.23. The SMILES string of the molecule is CC(C)c1ccc(C(C)(C)C)nc1.CC(C)c1cnc(C(C)(C)C)nc1. The fourth-order valence-electron chi connectivity index (χ4n) is 2.21. The van der Waals surface area contributed by atoms with Gasteiger partial charge in [0.15, 0.2) is 0 Å². The normalized spacial score (nSPS) is 12.2.